The third-order valence-corrected chi connectivity index (χ3v) is 4.72. The van der Waals surface area contributed by atoms with Gasteiger partial charge in [-0.1, -0.05) is 0 Å². The lowest BCUT2D eigenvalue weighted by molar-refractivity contribution is 0.111. The second kappa shape index (κ2) is 7.64. The number of carbonyl (C=O) groups excluding carboxylic acids is 1. The molecule has 5 heteroatoms. The normalized spacial score (nSPS) is 14.9. The van der Waals surface area contributed by atoms with E-state index >= 15 is 0 Å². The van der Waals surface area contributed by atoms with E-state index in [9.17, 15) is 4.79 Å². The Morgan fingerprint density at radius 3 is 2.84 bits per heavy atom. The van der Waals surface area contributed by atoms with Gasteiger partial charge < -0.3 is 4.74 Å². The highest BCUT2D eigenvalue weighted by molar-refractivity contribution is 5.81. The quantitative estimate of drug-likeness (QED) is 0.733. The number of aldehydes is 1. The van der Waals surface area contributed by atoms with E-state index < -0.39 is 0 Å². The zero-order valence-electron chi connectivity index (χ0n) is 15.2. The number of aryl methyl sites for hydroxylation is 1. The second-order valence-electron chi connectivity index (χ2n) is 6.82. The molecule has 0 aliphatic heterocycles. The summed E-state index contributed by atoms with van der Waals surface area (Å²) in [6.45, 7) is 6.65. The number of ether oxygens (including phenoxy) is 1. The molecule has 132 valence electrons. The molecule has 0 saturated heterocycles. The molecule has 0 N–H and O–H groups in total. The number of aromatic nitrogens is 3. The molecule has 0 atom stereocenters. The van der Waals surface area contributed by atoms with Gasteiger partial charge in [-0.25, -0.2) is 0 Å². The lowest BCUT2D eigenvalue weighted by Gasteiger charge is -2.23. The van der Waals surface area contributed by atoms with Gasteiger partial charge in [0.05, 0.1) is 17.5 Å². The molecule has 1 aliphatic carbocycles. The smallest absolute Gasteiger partial charge is 0.154 e. The van der Waals surface area contributed by atoms with Crippen LogP contribution < -0.4 is 4.74 Å². The largest absolute Gasteiger partial charge is 0.487 e. The van der Waals surface area contributed by atoms with Crippen LogP contribution in [0.5, 0.6) is 5.75 Å². The van der Waals surface area contributed by atoms with Gasteiger partial charge in [-0.3, -0.25) is 14.5 Å². The standard InChI is InChI=1S/C20H25N3O2/c1-14(2)23-19(8-9-22-23)17-7-5-4-6-16(17)13-25-20-11-21-10-15(3)18(20)12-24/h8-12,14H,4-7,13H2,1-3H3. The maximum absolute atomic E-state index is 11.3. The average Bonchev–Trinajstić information content (AvgIpc) is 3.10. The molecule has 2 aromatic heterocycles. The van der Waals surface area contributed by atoms with Crippen molar-refractivity contribution in [3.63, 3.8) is 0 Å². The summed E-state index contributed by atoms with van der Waals surface area (Å²) in [5.41, 5.74) is 5.24. The molecular weight excluding hydrogens is 314 g/mol. The van der Waals surface area contributed by atoms with Crippen LogP contribution in [0, 0.1) is 6.92 Å². The van der Waals surface area contributed by atoms with Crippen molar-refractivity contribution < 1.29 is 9.53 Å². The summed E-state index contributed by atoms with van der Waals surface area (Å²) in [6.07, 6.45) is 10.4. The first-order chi connectivity index (χ1) is 12.1. The maximum atomic E-state index is 11.3. The summed E-state index contributed by atoms with van der Waals surface area (Å²) < 4.78 is 8.07. The summed E-state index contributed by atoms with van der Waals surface area (Å²) in [5, 5.41) is 4.47. The van der Waals surface area contributed by atoms with E-state index in [0.717, 1.165) is 24.7 Å². The minimum atomic E-state index is 0.323. The monoisotopic (exact) mass is 339 g/mol. The Hall–Kier alpha value is -2.43. The van der Waals surface area contributed by atoms with Crippen molar-refractivity contribution in [3.05, 3.63) is 47.1 Å². The van der Waals surface area contributed by atoms with E-state index in [1.165, 1.54) is 29.7 Å². The number of allylic oxidation sites excluding steroid dienone is 1. The Bertz CT molecular complexity index is 790. The van der Waals surface area contributed by atoms with Gasteiger partial charge >= 0.3 is 0 Å². The Balaban J connectivity index is 1.89. The molecule has 0 amide bonds. The van der Waals surface area contributed by atoms with Gasteiger partial charge in [-0.05, 0) is 69.2 Å². The van der Waals surface area contributed by atoms with Crippen molar-refractivity contribution in [1.29, 1.82) is 0 Å². The molecule has 0 unspecified atom stereocenters. The Morgan fingerprint density at radius 2 is 2.08 bits per heavy atom. The molecule has 0 radical (unpaired) electrons. The zero-order chi connectivity index (χ0) is 17.8. The third kappa shape index (κ3) is 3.65. The summed E-state index contributed by atoms with van der Waals surface area (Å²) in [6, 6.07) is 2.41. The molecule has 0 fully saturated rings. The number of hydrogen-bond donors (Lipinski definition) is 0. The predicted octanol–water partition coefficient (Wildman–Crippen LogP) is 4.39. The number of carbonyl (C=O) groups is 1. The van der Waals surface area contributed by atoms with E-state index in [1.54, 1.807) is 12.4 Å². The van der Waals surface area contributed by atoms with Crippen LogP contribution in [0.1, 0.15) is 67.2 Å². The van der Waals surface area contributed by atoms with Crippen LogP contribution in [-0.4, -0.2) is 27.7 Å². The SMILES string of the molecule is Cc1cncc(OCC2=C(c3ccnn3C(C)C)CCCC2)c1C=O. The van der Waals surface area contributed by atoms with E-state index in [0.29, 0.717) is 24.0 Å². The van der Waals surface area contributed by atoms with Crippen LogP contribution in [0.3, 0.4) is 0 Å². The van der Waals surface area contributed by atoms with Gasteiger partial charge in [-0.15, -0.1) is 0 Å². The third-order valence-electron chi connectivity index (χ3n) is 4.72. The minimum Gasteiger partial charge on any atom is -0.487 e. The molecule has 2 heterocycles. The van der Waals surface area contributed by atoms with Gasteiger partial charge in [0.2, 0.25) is 0 Å². The van der Waals surface area contributed by atoms with Gasteiger partial charge in [0.15, 0.2) is 6.29 Å². The van der Waals surface area contributed by atoms with Crippen molar-refractivity contribution in [1.82, 2.24) is 14.8 Å². The number of pyridine rings is 1. The van der Waals surface area contributed by atoms with E-state index in [1.807, 2.05) is 13.1 Å². The first-order valence-electron chi connectivity index (χ1n) is 8.89. The molecule has 0 saturated carbocycles. The van der Waals surface area contributed by atoms with E-state index in [4.69, 9.17) is 4.74 Å². The van der Waals surface area contributed by atoms with E-state index in [2.05, 4.69) is 34.7 Å². The summed E-state index contributed by atoms with van der Waals surface area (Å²) in [4.78, 5) is 15.5. The molecule has 0 spiro atoms. The fraction of sp³-hybridized carbons (Fsp3) is 0.450. The lowest BCUT2D eigenvalue weighted by atomic mass is 9.90. The Labute approximate surface area is 148 Å². The Morgan fingerprint density at radius 1 is 1.28 bits per heavy atom. The average molecular weight is 339 g/mol. The second-order valence-corrected chi connectivity index (χ2v) is 6.82. The highest BCUT2D eigenvalue weighted by Gasteiger charge is 2.19. The summed E-state index contributed by atoms with van der Waals surface area (Å²) in [7, 11) is 0. The van der Waals surface area contributed by atoms with Crippen molar-refractivity contribution in [2.45, 2.75) is 52.5 Å². The molecular formula is C20H25N3O2. The zero-order valence-corrected chi connectivity index (χ0v) is 15.2. The predicted molar refractivity (Wildman–Crippen MR) is 97.9 cm³/mol. The lowest BCUT2D eigenvalue weighted by Crippen LogP contribution is -2.13. The molecule has 5 nitrogen and oxygen atoms in total. The number of hydrogen-bond acceptors (Lipinski definition) is 4. The van der Waals surface area contributed by atoms with Crippen LogP contribution in [0.2, 0.25) is 0 Å². The first kappa shape index (κ1) is 17.4. The first-order valence-corrected chi connectivity index (χ1v) is 8.89. The number of nitrogens with zero attached hydrogens (tertiary/aromatic N) is 3. The van der Waals surface area contributed by atoms with E-state index in [-0.39, 0.29) is 0 Å². The molecule has 25 heavy (non-hydrogen) atoms. The van der Waals surface area contributed by atoms with Gasteiger partial charge in [0.1, 0.15) is 12.4 Å². The van der Waals surface area contributed by atoms with Crippen molar-refractivity contribution in [2.24, 2.45) is 0 Å². The summed E-state index contributed by atoms with van der Waals surface area (Å²) >= 11 is 0. The van der Waals surface area contributed by atoms with Gasteiger partial charge in [0, 0.05) is 18.4 Å². The molecule has 3 rings (SSSR count). The van der Waals surface area contributed by atoms with Gasteiger partial charge in [-0.2, -0.15) is 5.10 Å². The highest BCUT2D eigenvalue weighted by Crippen LogP contribution is 2.33. The summed E-state index contributed by atoms with van der Waals surface area (Å²) in [5.74, 6) is 0.560. The molecule has 2 aromatic rings. The van der Waals surface area contributed by atoms with Crippen LogP contribution in [-0.2, 0) is 0 Å². The van der Waals surface area contributed by atoms with Crippen LogP contribution >= 0.6 is 0 Å². The molecule has 1 aliphatic rings. The van der Waals surface area contributed by atoms with Crippen molar-refractivity contribution in [2.75, 3.05) is 6.61 Å². The van der Waals surface area contributed by atoms with Gasteiger partial charge in [0.25, 0.3) is 0 Å². The maximum Gasteiger partial charge on any atom is 0.154 e. The highest BCUT2D eigenvalue weighted by atomic mass is 16.5. The molecule has 0 aromatic carbocycles. The fourth-order valence-electron chi connectivity index (χ4n) is 3.38. The topological polar surface area (TPSA) is 57.0 Å². The number of rotatable bonds is 6. The van der Waals surface area contributed by atoms with Crippen LogP contribution in [0.25, 0.3) is 5.57 Å². The fourth-order valence-corrected chi connectivity index (χ4v) is 3.38. The van der Waals surface area contributed by atoms with Crippen molar-refractivity contribution >= 4 is 11.9 Å². The van der Waals surface area contributed by atoms with Crippen LogP contribution in [0.4, 0.5) is 0 Å². The van der Waals surface area contributed by atoms with Crippen LogP contribution in [0.15, 0.2) is 30.2 Å². The Kier molecular flexibility index (Phi) is 5.31. The van der Waals surface area contributed by atoms with Crippen molar-refractivity contribution in [3.8, 4) is 5.75 Å². The minimum absolute atomic E-state index is 0.323. The molecule has 0 bridgehead atoms.